The van der Waals surface area contributed by atoms with E-state index < -0.39 is 5.63 Å². The molecule has 0 aliphatic rings. The van der Waals surface area contributed by atoms with Crippen molar-refractivity contribution in [2.24, 2.45) is 0 Å². The van der Waals surface area contributed by atoms with E-state index in [1.54, 1.807) is 18.2 Å². The number of benzene rings is 2. The normalized spacial score (nSPS) is 10.6. The van der Waals surface area contributed by atoms with Gasteiger partial charge in [-0.1, -0.05) is 50.2 Å². The molecule has 0 bridgehead atoms. The first-order valence-electron chi connectivity index (χ1n) is 10.0. The Balaban J connectivity index is 0.00000112. The van der Waals surface area contributed by atoms with Crippen LogP contribution in [0.1, 0.15) is 19.4 Å². The number of hydrogen-bond donors (Lipinski definition) is 2. The number of thiazole rings is 1. The minimum Gasteiger partial charge on any atom is -0.422 e. The quantitative estimate of drug-likeness (QED) is 0.372. The Morgan fingerprint density at radius 3 is 2.68 bits per heavy atom. The van der Waals surface area contributed by atoms with Crippen LogP contribution >= 0.6 is 11.3 Å². The van der Waals surface area contributed by atoms with E-state index in [0.717, 1.165) is 21.9 Å². The molecule has 0 unspecified atom stereocenters. The lowest BCUT2D eigenvalue weighted by Crippen LogP contribution is -2.09. The number of anilines is 1. The summed E-state index contributed by atoms with van der Waals surface area (Å²) < 4.78 is 5.40. The molecular formula is C24H21N3O3S. The van der Waals surface area contributed by atoms with Crippen LogP contribution in [0.25, 0.3) is 33.1 Å². The van der Waals surface area contributed by atoms with Crippen molar-refractivity contribution in [2.45, 2.75) is 20.4 Å². The first-order chi connectivity index (χ1) is 15.2. The summed E-state index contributed by atoms with van der Waals surface area (Å²) >= 11 is 1.40. The molecule has 5 aromatic rings. The second-order valence-corrected chi connectivity index (χ2v) is 7.44. The summed E-state index contributed by atoms with van der Waals surface area (Å²) in [5.41, 5.74) is 2.66. The van der Waals surface area contributed by atoms with Crippen LogP contribution in [-0.2, 0) is 6.54 Å². The van der Waals surface area contributed by atoms with Crippen LogP contribution in [0.2, 0.25) is 0 Å². The van der Waals surface area contributed by atoms with Gasteiger partial charge in [-0.05, 0) is 23.8 Å². The van der Waals surface area contributed by atoms with E-state index in [-0.39, 0.29) is 5.56 Å². The molecule has 7 heteroatoms. The first kappa shape index (κ1) is 20.6. The van der Waals surface area contributed by atoms with E-state index in [2.05, 4.69) is 15.3 Å². The lowest BCUT2D eigenvalue weighted by Gasteiger charge is -2.07. The number of nitrogens with zero attached hydrogens (tertiary/aromatic N) is 1. The number of para-hydroxylation sites is 2. The van der Waals surface area contributed by atoms with Gasteiger partial charge < -0.3 is 14.7 Å². The average Bonchev–Trinajstić information content (AvgIpc) is 3.27. The van der Waals surface area contributed by atoms with E-state index in [9.17, 15) is 9.59 Å². The molecule has 0 amide bonds. The van der Waals surface area contributed by atoms with Crippen LogP contribution in [0.4, 0.5) is 5.13 Å². The molecule has 3 aromatic heterocycles. The fraction of sp³-hybridized carbons (Fsp3) is 0.125. The van der Waals surface area contributed by atoms with Gasteiger partial charge in [-0.3, -0.25) is 4.79 Å². The molecule has 0 fully saturated rings. The van der Waals surface area contributed by atoms with Crippen molar-refractivity contribution in [3.05, 3.63) is 92.4 Å². The second kappa shape index (κ2) is 8.97. The third kappa shape index (κ3) is 4.27. The number of fused-ring (bicyclic) bond motifs is 2. The summed E-state index contributed by atoms with van der Waals surface area (Å²) in [6.07, 6.45) is 0. The summed E-state index contributed by atoms with van der Waals surface area (Å²) in [4.78, 5) is 31.6. The van der Waals surface area contributed by atoms with Gasteiger partial charge in [-0.15, -0.1) is 11.3 Å². The van der Waals surface area contributed by atoms with Crippen LogP contribution in [0.15, 0.2) is 80.0 Å². The van der Waals surface area contributed by atoms with Crippen molar-refractivity contribution in [1.29, 1.82) is 0 Å². The third-order valence-electron chi connectivity index (χ3n) is 4.69. The van der Waals surface area contributed by atoms with Crippen molar-refractivity contribution in [1.82, 2.24) is 9.97 Å². The molecule has 0 aliphatic carbocycles. The maximum atomic E-state index is 12.3. The highest BCUT2D eigenvalue weighted by atomic mass is 32.1. The number of hydrogen-bond acceptors (Lipinski definition) is 6. The van der Waals surface area contributed by atoms with Gasteiger partial charge in [0, 0.05) is 34.3 Å². The first-order valence-corrected chi connectivity index (χ1v) is 10.9. The van der Waals surface area contributed by atoms with Gasteiger partial charge in [0.2, 0.25) is 5.56 Å². The molecule has 0 aliphatic heterocycles. The molecule has 0 atom stereocenters. The number of pyridine rings is 1. The van der Waals surface area contributed by atoms with Gasteiger partial charge in [0.25, 0.3) is 0 Å². The Kier molecular flexibility index (Phi) is 5.95. The zero-order valence-electron chi connectivity index (χ0n) is 17.1. The Morgan fingerprint density at radius 2 is 1.81 bits per heavy atom. The molecule has 6 nitrogen and oxygen atoms in total. The highest BCUT2D eigenvalue weighted by Crippen LogP contribution is 2.26. The smallest absolute Gasteiger partial charge is 0.345 e. The van der Waals surface area contributed by atoms with Crippen molar-refractivity contribution in [2.75, 3.05) is 5.32 Å². The van der Waals surface area contributed by atoms with Crippen molar-refractivity contribution >= 4 is 38.3 Å². The molecule has 5 rings (SSSR count). The lowest BCUT2D eigenvalue weighted by atomic mass is 10.1. The SMILES string of the molecule is CC.O=c1cc(CNc2nc(-c3cc4ccccc4oc3=O)cs2)c2ccccc2[nH]1. The Hall–Kier alpha value is -3.71. The zero-order chi connectivity index (χ0) is 21.8. The zero-order valence-corrected chi connectivity index (χ0v) is 18.0. The third-order valence-corrected chi connectivity index (χ3v) is 5.49. The summed E-state index contributed by atoms with van der Waals surface area (Å²) in [5, 5.41) is 7.56. The van der Waals surface area contributed by atoms with Gasteiger partial charge in [0.15, 0.2) is 5.13 Å². The largest absolute Gasteiger partial charge is 0.422 e. The van der Waals surface area contributed by atoms with Crippen molar-refractivity contribution in [3.63, 3.8) is 0 Å². The molecule has 0 radical (unpaired) electrons. The summed E-state index contributed by atoms with van der Waals surface area (Å²) in [7, 11) is 0. The Morgan fingerprint density at radius 1 is 1.03 bits per heavy atom. The van der Waals surface area contributed by atoms with Crippen LogP contribution in [0.5, 0.6) is 0 Å². The monoisotopic (exact) mass is 431 g/mol. The predicted molar refractivity (Wildman–Crippen MR) is 127 cm³/mol. The van der Waals surface area contributed by atoms with Crippen molar-refractivity contribution in [3.8, 4) is 11.3 Å². The highest BCUT2D eigenvalue weighted by molar-refractivity contribution is 7.14. The van der Waals surface area contributed by atoms with Crippen LogP contribution in [0.3, 0.4) is 0 Å². The number of nitrogens with one attached hydrogen (secondary N) is 2. The summed E-state index contributed by atoms with van der Waals surface area (Å²) in [6, 6.07) is 18.4. The lowest BCUT2D eigenvalue weighted by molar-refractivity contribution is 0.563. The van der Waals surface area contributed by atoms with Crippen LogP contribution in [0, 0.1) is 0 Å². The maximum Gasteiger partial charge on any atom is 0.345 e. The molecule has 0 saturated carbocycles. The molecule has 0 saturated heterocycles. The second-order valence-electron chi connectivity index (χ2n) is 6.58. The van der Waals surface area contributed by atoms with E-state index >= 15 is 0 Å². The minimum absolute atomic E-state index is 0.144. The molecule has 2 aromatic carbocycles. The standard InChI is InChI=1S/C22H15N3O3S.C2H6/c26-20-10-14(15-6-2-3-7-17(15)24-20)11-23-22-25-18(12-29-22)16-9-13-5-1-4-8-19(13)28-21(16)27;1-2/h1-10,12H,11H2,(H,23,25)(H,24,26);1-2H3. The Labute approximate surface area is 182 Å². The van der Waals surface area contributed by atoms with Crippen molar-refractivity contribution < 1.29 is 4.42 Å². The highest BCUT2D eigenvalue weighted by Gasteiger charge is 2.12. The fourth-order valence-electron chi connectivity index (χ4n) is 3.31. The Bertz CT molecular complexity index is 1470. The maximum absolute atomic E-state index is 12.3. The predicted octanol–water partition coefficient (Wildman–Crippen LogP) is 5.40. The molecule has 0 spiro atoms. The van der Waals surface area contributed by atoms with Gasteiger partial charge in [-0.2, -0.15) is 0 Å². The van der Waals surface area contributed by atoms with Gasteiger partial charge in [0.1, 0.15) is 5.58 Å². The molecule has 156 valence electrons. The van der Waals surface area contributed by atoms with Crippen LogP contribution < -0.4 is 16.5 Å². The van der Waals surface area contributed by atoms with Gasteiger partial charge >= 0.3 is 5.63 Å². The van der Waals surface area contributed by atoms with Crippen LogP contribution in [-0.4, -0.2) is 9.97 Å². The van der Waals surface area contributed by atoms with Gasteiger partial charge in [0.05, 0.1) is 11.3 Å². The molecule has 31 heavy (non-hydrogen) atoms. The van der Waals surface area contributed by atoms with E-state index in [1.807, 2.05) is 61.7 Å². The van der Waals surface area contributed by atoms with E-state index in [4.69, 9.17) is 4.42 Å². The number of aromatic amines is 1. The molecular weight excluding hydrogens is 410 g/mol. The average molecular weight is 432 g/mol. The van der Waals surface area contributed by atoms with E-state index in [1.165, 1.54) is 11.3 Å². The van der Waals surface area contributed by atoms with E-state index in [0.29, 0.717) is 28.5 Å². The fourth-order valence-corrected chi connectivity index (χ4v) is 4.02. The minimum atomic E-state index is -0.416. The van der Waals surface area contributed by atoms with Gasteiger partial charge in [-0.25, -0.2) is 9.78 Å². The summed E-state index contributed by atoms with van der Waals surface area (Å²) in [5.74, 6) is 0. The topological polar surface area (TPSA) is 88.0 Å². The summed E-state index contributed by atoms with van der Waals surface area (Å²) in [6.45, 7) is 4.45. The number of H-pyrrole nitrogens is 1. The number of aromatic nitrogens is 2. The number of rotatable bonds is 4. The molecule has 2 N–H and O–H groups in total. The molecule has 3 heterocycles.